The fraction of sp³-hybridized carbons (Fsp3) is 0.500. The molecule has 30 heavy (non-hydrogen) atoms. The van der Waals surface area contributed by atoms with E-state index in [0.29, 0.717) is 5.92 Å². The van der Waals surface area contributed by atoms with Gasteiger partial charge >= 0.3 is 0 Å². The molecule has 2 aromatic carbocycles. The number of benzene rings is 2. The molecule has 4 rings (SSSR count). The number of amides is 1. The van der Waals surface area contributed by atoms with Crippen LogP contribution in [0.15, 0.2) is 48.5 Å². The molecule has 0 saturated carbocycles. The van der Waals surface area contributed by atoms with Gasteiger partial charge in [-0.15, -0.1) is 0 Å². The van der Waals surface area contributed by atoms with E-state index in [1.54, 1.807) is 7.11 Å². The molecule has 0 bridgehead atoms. The molecule has 2 saturated heterocycles. The summed E-state index contributed by atoms with van der Waals surface area (Å²) in [4.78, 5) is 17.6. The molecule has 0 unspecified atom stereocenters. The van der Waals surface area contributed by atoms with Crippen molar-refractivity contribution in [1.29, 1.82) is 0 Å². The summed E-state index contributed by atoms with van der Waals surface area (Å²) in [6.07, 6.45) is 7.10. The lowest BCUT2D eigenvalue weighted by Gasteiger charge is -2.32. The van der Waals surface area contributed by atoms with Gasteiger partial charge < -0.3 is 9.64 Å². The van der Waals surface area contributed by atoms with E-state index in [0.717, 1.165) is 50.2 Å². The Balaban J connectivity index is 1.25. The van der Waals surface area contributed by atoms with Crippen molar-refractivity contribution in [3.63, 3.8) is 0 Å². The Morgan fingerprint density at radius 2 is 1.70 bits per heavy atom. The van der Waals surface area contributed by atoms with E-state index < -0.39 is 0 Å². The fourth-order valence-corrected chi connectivity index (χ4v) is 4.77. The fourth-order valence-electron chi connectivity index (χ4n) is 4.77. The summed E-state index contributed by atoms with van der Waals surface area (Å²) < 4.78 is 5.23. The maximum Gasteiger partial charge on any atom is 0.253 e. The number of hydrogen-bond donors (Lipinski definition) is 0. The van der Waals surface area contributed by atoms with Crippen LogP contribution < -0.4 is 4.74 Å². The first-order chi connectivity index (χ1) is 14.7. The summed E-state index contributed by atoms with van der Waals surface area (Å²) in [7, 11) is 1.70. The maximum absolute atomic E-state index is 13.0. The van der Waals surface area contributed by atoms with Crippen molar-refractivity contribution in [2.45, 2.75) is 45.1 Å². The molecule has 2 aliphatic rings. The molecular weight excluding hydrogens is 372 g/mol. The molecule has 0 atom stereocenters. The molecule has 0 aliphatic carbocycles. The summed E-state index contributed by atoms with van der Waals surface area (Å²) in [5.74, 6) is 1.82. The smallest absolute Gasteiger partial charge is 0.253 e. The number of hydrogen-bond acceptors (Lipinski definition) is 3. The monoisotopic (exact) mass is 406 g/mol. The van der Waals surface area contributed by atoms with E-state index in [4.69, 9.17) is 4.74 Å². The van der Waals surface area contributed by atoms with Gasteiger partial charge in [0, 0.05) is 25.2 Å². The second-order valence-corrected chi connectivity index (χ2v) is 8.81. The van der Waals surface area contributed by atoms with Gasteiger partial charge in [0.05, 0.1) is 7.11 Å². The Hall–Kier alpha value is -2.33. The van der Waals surface area contributed by atoms with Crippen molar-refractivity contribution < 1.29 is 9.53 Å². The third-order valence-corrected chi connectivity index (χ3v) is 6.68. The van der Waals surface area contributed by atoms with Crippen LogP contribution >= 0.6 is 0 Å². The number of nitrogens with zero attached hydrogens (tertiary/aromatic N) is 2. The lowest BCUT2D eigenvalue weighted by Crippen LogP contribution is -2.38. The van der Waals surface area contributed by atoms with Crippen molar-refractivity contribution in [2.24, 2.45) is 5.92 Å². The normalized spacial score (nSPS) is 18.0. The number of carbonyl (C=O) groups is 1. The molecule has 0 radical (unpaired) electrons. The predicted octanol–water partition coefficient (Wildman–Crippen LogP) is 4.78. The highest BCUT2D eigenvalue weighted by Gasteiger charge is 2.24. The Morgan fingerprint density at radius 3 is 2.40 bits per heavy atom. The van der Waals surface area contributed by atoms with Crippen molar-refractivity contribution in [3.05, 3.63) is 65.2 Å². The minimum absolute atomic E-state index is 0.201. The van der Waals surface area contributed by atoms with Crippen LogP contribution in [0.5, 0.6) is 5.75 Å². The summed E-state index contributed by atoms with van der Waals surface area (Å²) >= 11 is 0. The minimum Gasteiger partial charge on any atom is -0.497 e. The number of rotatable bonds is 7. The zero-order valence-electron chi connectivity index (χ0n) is 18.2. The van der Waals surface area contributed by atoms with E-state index in [1.807, 2.05) is 24.3 Å². The first kappa shape index (κ1) is 20.9. The van der Waals surface area contributed by atoms with Crippen molar-refractivity contribution in [3.8, 4) is 5.75 Å². The zero-order valence-corrected chi connectivity index (χ0v) is 18.2. The molecule has 0 N–H and O–H groups in total. The topological polar surface area (TPSA) is 32.8 Å². The molecule has 2 aliphatic heterocycles. The van der Waals surface area contributed by atoms with Crippen LogP contribution in [-0.2, 0) is 13.0 Å². The van der Waals surface area contributed by atoms with Crippen LogP contribution in [0.3, 0.4) is 0 Å². The molecule has 2 heterocycles. The second-order valence-electron chi connectivity index (χ2n) is 8.81. The molecule has 160 valence electrons. The Kier molecular flexibility index (Phi) is 7.06. The van der Waals surface area contributed by atoms with E-state index in [2.05, 4.69) is 34.1 Å². The number of likely N-dealkylation sites (tertiary alicyclic amines) is 2. The number of methoxy groups -OCH3 is 1. The predicted molar refractivity (Wildman–Crippen MR) is 121 cm³/mol. The average Bonchev–Trinajstić information content (AvgIpc) is 3.31. The van der Waals surface area contributed by atoms with Crippen LogP contribution in [0.2, 0.25) is 0 Å². The van der Waals surface area contributed by atoms with Gasteiger partial charge in [0.2, 0.25) is 0 Å². The van der Waals surface area contributed by atoms with Gasteiger partial charge in [0.1, 0.15) is 5.75 Å². The second kappa shape index (κ2) is 10.1. The summed E-state index contributed by atoms with van der Waals surface area (Å²) in [6.45, 7) is 5.09. The largest absolute Gasteiger partial charge is 0.497 e. The third kappa shape index (κ3) is 5.42. The van der Waals surface area contributed by atoms with E-state index in [1.165, 1.54) is 43.5 Å². The van der Waals surface area contributed by atoms with E-state index in [9.17, 15) is 4.79 Å². The van der Waals surface area contributed by atoms with Crippen molar-refractivity contribution in [2.75, 3.05) is 33.3 Å². The van der Waals surface area contributed by atoms with Crippen LogP contribution in [0.1, 0.15) is 53.6 Å². The van der Waals surface area contributed by atoms with Gasteiger partial charge in [-0.1, -0.05) is 24.3 Å². The van der Waals surface area contributed by atoms with Gasteiger partial charge in [-0.05, 0) is 92.9 Å². The quantitative estimate of drug-likeness (QED) is 0.664. The van der Waals surface area contributed by atoms with Gasteiger partial charge in [-0.25, -0.2) is 0 Å². The average molecular weight is 407 g/mol. The first-order valence-corrected chi connectivity index (χ1v) is 11.4. The van der Waals surface area contributed by atoms with Gasteiger partial charge in [-0.2, -0.15) is 0 Å². The van der Waals surface area contributed by atoms with Crippen LogP contribution in [0.25, 0.3) is 0 Å². The van der Waals surface area contributed by atoms with Crippen LogP contribution in [-0.4, -0.2) is 49.0 Å². The molecule has 2 fully saturated rings. The first-order valence-electron chi connectivity index (χ1n) is 11.4. The van der Waals surface area contributed by atoms with Crippen molar-refractivity contribution >= 4 is 5.91 Å². The highest BCUT2D eigenvalue weighted by Crippen LogP contribution is 2.24. The number of ether oxygens (including phenoxy) is 1. The number of aryl methyl sites for hydroxylation is 1. The Bertz CT molecular complexity index is 819. The summed E-state index contributed by atoms with van der Waals surface area (Å²) in [5, 5.41) is 0. The lowest BCUT2D eigenvalue weighted by atomic mass is 9.90. The van der Waals surface area contributed by atoms with E-state index in [-0.39, 0.29) is 5.91 Å². The molecule has 4 heteroatoms. The molecule has 2 aromatic rings. The molecular formula is C26H34N2O2. The number of piperidine rings is 1. The minimum atomic E-state index is 0.201. The van der Waals surface area contributed by atoms with Crippen molar-refractivity contribution in [1.82, 2.24) is 9.80 Å². The maximum atomic E-state index is 13.0. The van der Waals surface area contributed by atoms with Gasteiger partial charge in [0.15, 0.2) is 0 Å². The zero-order chi connectivity index (χ0) is 20.8. The van der Waals surface area contributed by atoms with Gasteiger partial charge in [0.25, 0.3) is 5.91 Å². The Morgan fingerprint density at radius 1 is 0.967 bits per heavy atom. The summed E-state index contributed by atoms with van der Waals surface area (Å²) in [5.41, 5.74) is 3.48. The molecule has 4 nitrogen and oxygen atoms in total. The molecule has 0 spiro atoms. The SMILES string of the molecule is COc1ccc(CCC2CCN(C(=O)c3cccc(CN4CCCC4)c3)CC2)cc1. The number of carbonyl (C=O) groups excluding carboxylic acids is 1. The molecule has 1 amide bonds. The summed E-state index contributed by atoms with van der Waals surface area (Å²) in [6, 6.07) is 16.7. The highest BCUT2D eigenvalue weighted by molar-refractivity contribution is 5.94. The van der Waals surface area contributed by atoms with Crippen LogP contribution in [0, 0.1) is 5.92 Å². The van der Waals surface area contributed by atoms with E-state index >= 15 is 0 Å². The lowest BCUT2D eigenvalue weighted by molar-refractivity contribution is 0.0686. The molecule has 0 aromatic heterocycles. The van der Waals surface area contributed by atoms with Crippen LogP contribution in [0.4, 0.5) is 0 Å². The highest BCUT2D eigenvalue weighted by atomic mass is 16.5. The third-order valence-electron chi connectivity index (χ3n) is 6.68. The standard InChI is InChI=1S/C26H34N2O2/c1-30-25-11-9-21(10-12-25)7-8-22-13-17-28(18-14-22)26(29)24-6-4-5-23(19-24)20-27-15-2-3-16-27/h4-6,9-12,19,22H,2-3,7-8,13-18,20H2,1H3. The Labute approximate surface area is 180 Å². The van der Waals surface area contributed by atoms with Gasteiger partial charge in [-0.3, -0.25) is 9.69 Å².